The Kier molecular flexibility index (Phi) is 4.91. The maximum absolute atomic E-state index is 13.3. The van der Waals surface area contributed by atoms with E-state index in [9.17, 15) is 17.2 Å². The van der Waals surface area contributed by atoms with E-state index in [1.807, 2.05) is 0 Å². The van der Waals surface area contributed by atoms with Crippen molar-refractivity contribution in [3.05, 3.63) is 54.1 Å². The van der Waals surface area contributed by atoms with E-state index in [4.69, 9.17) is 4.74 Å². The van der Waals surface area contributed by atoms with Crippen LogP contribution in [0.15, 0.2) is 47.4 Å². The Hall–Kier alpha value is -2.19. The molecule has 5 nitrogen and oxygen atoms in total. The van der Waals surface area contributed by atoms with Crippen LogP contribution < -0.4 is 9.62 Å². The van der Waals surface area contributed by atoms with E-state index in [0.717, 1.165) is 37.3 Å². The van der Waals surface area contributed by atoms with Gasteiger partial charge in [0, 0.05) is 31.6 Å². The minimum absolute atomic E-state index is 0.201. The quantitative estimate of drug-likeness (QED) is 0.882. The van der Waals surface area contributed by atoms with Crippen LogP contribution in [0.25, 0.3) is 0 Å². The fourth-order valence-corrected chi connectivity index (χ4v) is 3.82. The SMILES string of the molecule is COC1CCN(c2ccc(NS(=O)(=O)c3ccc(F)c(F)c3)cc2)C1. The Morgan fingerprint density at radius 1 is 1.12 bits per heavy atom. The molecule has 8 heteroatoms. The fraction of sp³-hybridized carbons (Fsp3) is 0.294. The van der Waals surface area contributed by atoms with Crippen molar-refractivity contribution >= 4 is 21.4 Å². The summed E-state index contributed by atoms with van der Waals surface area (Å²) in [5, 5.41) is 0. The number of rotatable bonds is 5. The van der Waals surface area contributed by atoms with E-state index < -0.39 is 21.7 Å². The second-order valence-electron chi connectivity index (χ2n) is 5.82. The maximum Gasteiger partial charge on any atom is 0.261 e. The van der Waals surface area contributed by atoms with Gasteiger partial charge in [0.25, 0.3) is 10.0 Å². The van der Waals surface area contributed by atoms with E-state index in [1.165, 1.54) is 0 Å². The molecule has 2 aromatic carbocycles. The zero-order valence-electron chi connectivity index (χ0n) is 13.6. The molecule has 0 saturated carbocycles. The number of hydrogen-bond donors (Lipinski definition) is 1. The van der Waals surface area contributed by atoms with Crippen molar-refractivity contribution in [1.82, 2.24) is 0 Å². The molecule has 1 heterocycles. The van der Waals surface area contributed by atoms with Gasteiger partial charge in [-0.1, -0.05) is 0 Å². The van der Waals surface area contributed by atoms with Crippen LogP contribution in [0.3, 0.4) is 0 Å². The van der Waals surface area contributed by atoms with Gasteiger partial charge in [-0.25, -0.2) is 17.2 Å². The topological polar surface area (TPSA) is 58.6 Å². The van der Waals surface area contributed by atoms with Crippen molar-refractivity contribution in [3.8, 4) is 0 Å². The van der Waals surface area contributed by atoms with Crippen molar-refractivity contribution in [2.75, 3.05) is 29.8 Å². The third-order valence-electron chi connectivity index (χ3n) is 4.16. The summed E-state index contributed by atoms with van der Waals surface area (Å²) < 4.78 is 58.4. The molecule has 0 amide bonds. The van der Waals surface area contributed by atoms with E-state index in [0.29, 0.717) is 11.8 Å². The van der Waals surface area contributed by atoms with Crippen LogP contribution in [0, 0.1) is 11.6 Å². The Bertz CT molecular complexity index is 857. The first-order valence-electron chi connectivity index (χ1n) is 7.75. The van der Waals surface area contributed by atoms with Gasteiger partial charge in [-0.15, -0.1) is 0 Å². The van der Waals surface area contributed by atoms with Gasteiger partial charge in [0.2, 0.25) is 0 Å². The second kappa shape index (κ2) is 6.97. The van der Waals surface area contributed by atoms with Crippen LogP contribution in [0.4, 0.5) is 20.2 Å². The Morgan fingerprint density at radius 3 is 2.44 bits per heavy atom. The highest BCUT2D eigenvalue weighted by Gasteiger charge is 2.22. The molecule has 25 heavy (non-hydrogen) atoms. The van der Waals surface area contributed by atoms with Gasteiger partial charge in [0.15, 0.2) is 11.6 Å². The number of halogens is 2. The molecule has 3 rings (SSSR count). The summed E-state index contributed by atoms with van der Waals surface area (Å²) in [4.78, 5) is 1.82. The first-order valence-corrected chi connectivity index (χ1v) is 9.23. The molecule has 1 atom stereocenters. The Balaban J connectivity index is 1.73. The van der Waals surface area contributed by atoms with Crippen molar-refractivity contribution in [3.63, 3.8) is 0 Å². The zero-order valence-corrected chi connectivity index (χ0v) is 14.4. The molecule has 0 radical (unpaired) electrons. The van der Waals surface area contributed by atoms with Gasteiger partial charge in [-0.3, -0.25) is 4.72 Å². The van der Waals surface area contributed by atoms with Crippen molar-refractivity contribution in [2.45, 2.75) is 17.4 Å². The molecule has 0 aliphatic carbocycles. The van der Waals surface area contributed by atoms with Crippen LogP contribution >= 0.6 is 0 Å². The number of hydrogen-bond acceptors (Lipinski definition) is 4. The fourth-order valence-electron chi connectivity index (χ4n) is 2.75. The van der Waals surface area contributed by atoms with Crippen LogP contribution in [0.5, 0.6) is 0 Å². The van der Waals surface area contributed by atoms with Crippen LogP contribution in [-0.4, -0.2) is 34.7 Å². The lowest BCUT2D eigenvalue weighted by molar-refractivity contribution is 0.121. The highest BCUT2D eigenvalue weighted by atomic mass is 32.2. The second-order valence-corrected chi connectivity index (χ2v) is 7.50. The van der Waals surface area contributed by atoms with Gasteiger partial charge < -0.3 is 9.64 Å². The average molecular weight is 368 g/mol. The lowest BCUT2D eigenvalue weighted by Crippen LogP contribution is -2.22. The molecular formula is C17H18F2N2O3S. The summed E-state index contributed by atoms with van der Waals surface area (Å²) in [7, 11) is -2.30. The largest absolute Gasteiger partial charge is 0.380 e. The van der Waals surface area contributed by atoms with Crippen molar-refractivity contribution < 1.29 is 21.9 Å². The van der Waals surface area contributed by atoms with Gasteiger partial charge in [-0.2, -0.15) is 0 Å². The summed E-state index contributed by atoms with van der Waals surface area (Å²) in [5.41, 5.74) is 1.31. The van der Waals surface area contributed by atoms with Crippen molar-refractivity contribution in [2.24, 2.45) is 0 Å². The van der Waals surface area contributed by atoms with Gasteiger partial charge in [-0.05, 0) is 48.9 Å². The highest BCUT2D eigenvalue weighted by Crippen LogP contribution is 2.25. The predicted octanol–water partition coefficient (Wildman–Crippen LogP) is 2.99. The lowest BCUT2D eigenvalue weighted by atomic mass is 10.2. The molecule has 1 unspecified atom stereocenters. The molecule has 1 fully saturated rings. The molecule has 1 saturated heterocycles. The number of nitrogens with one attached hydrogen (secondary N) is 1. The first kappa shape index (κ1) is 17.6. The summed E-state index contributed by atoms with van der Waals surface area (Å²) >= 11 is 0. The number of sulfonamides is 1. The third-order valence-corrected chi connectivity index (χ3v) is 5.54. The molecule has 0 aromatic heterocycles. The average Bonchev–Trinajstić information content (AvgIpc) is 3.06. The van der Waals surface area contributed by atoms with Crippen LogP contribution in [0.2, 0.25) is 0 Å². The minimum atomic E-state index is -3.99. The molecule has 1 aliphatic rings. The minimum Gasteiger partial charge on any atom is -0.380 e. The normalized spacial score (nSPS) is 17.7. The van der Waals surface area contributed by atoms with E-state index in [2.05, 4.69) is 9.62 Å². The Labute approximate surface area is 145 Å². The lowest BCUT2D eigenvalue weighted by Gasteiger charge is -2.19. The number of anilines is 2. The first-order chi connectivity index (χ1) is 11.9. The van der Waals surface area contributed by atoms with E-state index >= 15 is 0 Å². The van der Waals surface area contributed by atoms with E-state index in [-0.39, 0.29) is 11.0 Å². The Morgan fingerprint density at radius 2 is 1.84 bits per heavy atom. The van der Waals surface area contributed by atoms with Gasteiger partial charge in [0.1, 0.15) is 0 Å². The standard InChI is InChI=1S/C17H18F2N2O3S/c1-24-14-8-9-21(11-14)13-4-2-12(3-5-13)20-25(22,23)15-6-7-16(18)17(19)10-15/h2-7,10,14,20H,8-9,11H2,1H3. The van der Waals surface area contributed by atoms with E-state index in [1.54, 1.807) is 31.4 Å². The summed E-state index contributed by atoms with van der Waals surface area (Å²) in [6.45, 7) is 1.66. The van der Waals surface area contributed by atoms with Crippen LogP contribution in [-0.2, 0) is 14.8 Å². The zero-order chi connectivity index (χ0) is 18.0. The predicted molar refractivity (Wildman–Crippen MR) is 91.2 cm³/mol. The molecule has 1 aliphatic heterocycles. The summed E-state index contributed by atoms with van der Waals surface area (Å²) in [6.07, 6.45) is 1.15. The molecule has 2 aromatic rings. The van der Waals surface area contributed by atoms with Crippen molar-refractivity contribution in [1.29, 1.82) is 0 Å². The molecule has 1 N–H and O–H groups in total. The monoisotopic (exact) mass is 368 g/mol. The number of methoxy groups -OCH3 is 1. The number of nitrogens with zero attached hydrogens (tertiary/aromatic N) is 1. The maximum atomic E-state index is 13.3. The molecule has 134 valence electrons. The van der Waals surface area contributed by atoms with Crippen LogP contribution in [0.1, 0.15) is 6.42 Å². The molecular weight excluding hydrogens is 350 g/mol. The van der Waals surface area contributed by atoms with Gasteiger partial charge >= 0.3 is 0 Å². The summed E-state index contributed by atoms with van der Waals surface area (Å²) in [5.74, 6) is -2.30. The number of ether oxygens (including phenoxy) is 1. The third kappa shape index (κ3) is 3.91. The smallest absolute Gasteiger partial charge is 0.261 e. The van der Waals surface area contributed by atoms with Gasteiger partial charge in [0.05, 0.1) is 11.0 Å². The summed E-state index contributed by atoms with van der Waals surface area (Å²) in [6, 6.07) is 9.33. The molecule has 0 bridgehead atoms. The molecule has 0 spiro atoms. The highest BCUT2D eigenvalue weighted by molar-refractivity contribution is 7.92. The number of benzene rings is 2.